The molecule has 0 radical (unpaired) electrons. The van der Waals surface area contributed by atoms with E-state index in [1.165, 1.54) is 0 Å². The van der Waals surface area contributed by atoms with Crippen LogP contribution in [0.4, 0.5) is 5.69 Å². The second kappa shape index (κ2) is 7.45. The molecule has 4 heteroatoms. The Bertz CT molecular complexity index is 584. The van der Waals surface area contributed by atoms with E-state index in [9.17, 15) is 4.79 Å². The van der Waals surface area contributed by atoms with Crippen LogP contribution in [-0.2, 0) is 17.9 Å². The smallest absolute Gasteiger partial charge is 0.241 e. The Morgan fingerprint density at radius 3 is 2.52 bits per heavy atom. The maximum absolute atomic E-state index is 12.1. The van der Waals surface area contributed by atoms with Crippen molar-refractivity contribution >= 4 is 11.6 Å². The Morgan fingerprint density at radius 1 is 1.10 bits per heavy atom. The molecule has 2 N–H and O–H groups in total. The molecule has 0 heterocycles. The minimum atomic E-state index is -0.00260. The number of likely N-dealkylation sites (N-methyl/N-ethyl adjacent to an activating group) is 1. The Morgan fingerprint density at radius 2 is 1.81 bits per heavy atom. The summed E-state index contributed by atoms with van der Waals surface area (Å²) in [5.41, 5.74) is 2.77. The summed E-state index contributed by atoms with van der Waals surface area (Å²) >= 11 is 0. The molecular formula is C17H20N2O2. The molecule has 2 rings (SSSR count). The average molecular weight is 284 g/mol. The van der Waals surface area contributed by atoms with Crippen LogP contribution in [0.3, 0.4) is 0 Å². The van der Waals surface area contributed by atoms with Gasteiger partial charge in [-0.3, -0.25) is 4.79 Å². The largest absolute Gasteiger partial charge is 0.392 e. The summed E-state index contributed by atoms with van der Waals surface area (Å²) in [6.45, 7) is 0.827. The van der Waals surface area contributed by atoms with E-state index in [1.807, 2.05) is 54.6 Å². The standard InChI is InChI=1S/C17H20N2O2/c1-19(12-14-6-3-2-4-7-14)17(21)11-18-16-9-5-8-15(10-16)13-20/h2-10,18,20H,11-13H2,1H3. The van der Waals surface area contributed by atoms with Crippen LogP contribution in [0.25, 0.3) is 0 Å². The van der Waals surface area contributed by atoms with E-state index in [0.29, 0.717) is 6.54 Å². The summed E-state index contributed by atoms with van der Waals surface area (Å²) < 4.78 is 0. The van der Waals surface area contributed by atoms with Crippen LogP contribution in [0.15, 0.2) is 54.6 Å². The molecule has 0 unspecified atom stereocenters. The van der Waals surface area contributed by atoms with E-state index < -0.39 is 0 Å². The van der Waals surface area contributed by atoms with Crippen molar-refractivity contribution < 1.29 is 9.90 Å². The van der Waals surface area contributed by atoms with Gasteiger partial charge < -0.3 is 15.3 Å². The monoisotopic (exact) mass is 284 g/mol. The van der Waals surface area contributed by atoms with Crippen molar-refractivity contribution in [3.05, 3.63) is 65.7 Å². The van der Waals surface area contributed by atoms with E-state index in [1.54, 1.807) is 11.9 Å². The van der Waals surface area contributed by atoms with Crippen LogP contribution in [0.5, 0.6) is 0 Å². The predicted octanol–water partition coefficient (Wildman–Crippen LogP) is 2.25. The Kier molecular flexibility index (Phi) is 5.35. The number of hydrogen-bond donors (Lipinski definition) is 2. The molecular weight excluding hydrogens is 264 g/mol. The number of amides is 1. The third-order valence-corrected chi connectivity index (χ3v) is 3.24. The molecule has 0 aliphatic heterocycles. The Balaban J connectivity index is 1.86. The maximum Gasteiger partial charge on any atom is 0.241 e. The lowest BCUT2D eigenvalue weighted by molar-refractivity contribution is -0.128. The lowest BCUT2D eigenvalue weighted by Crippen LogP contribution is -2.31. The Hall–Kier alpha value is -2.33. The van der Waals surface area contributed by atoms with Gasteiger partial charge in [-0.05, 0) is 23.3 Å². The number of carbonyl (C=O) groups is 1. The van der Waals surface area contributed by atoms with E-state index in [4.69, 9.17) is 5.11 Å². The van der Waals surface area contributed by atoms with Crippen molar-refractivity contribution in [2.24, 2.45) is 0 Å². The molecule has 0 fully saturated rings. The zero-order chi connectivity index (χ0) is 15.1. The second-order valence-electron chi connectivity index (χ2n) is 4.95. The van der Waals surface area contributed by atoms with Crippen molar-refractivity contribution in [2.45, 2.75) is 13.2 Å². The van der Waals surface area contributed by atoms with Gasteiger partial charge in [0.25, 0.3) is 0 Å². The fourth-order valence-electron chi connectivity index (χ4n) is 2.04. The van der Waals surface area contributed by atoms with Gasteiger partial charge in [-0.2, -0.15) is 0 Å². The highest BCUT2D eigenvalue weighted by Crippen LogP contribution is 2.10. The van der Waals surface area contributed by atoms with Gasteiger partial charge in [0.1, 0.15) is 0 Å². The van der Waals surface area contributed by atoms with Gasteiger partial charge in [0, 0.05) is 19.3 Å². The van der Waals surface area contributed by atoms with E-state index >= 15 is 0 Å². The average Bonchev–Trinajstić information content (AvgIpc) is 2.53. The number of nitrogens with zero attached hydrogens (tertiary/aromatic N) is 1. The Labute approximate surface area is 125 Å². The lowest BCUT2D eigenvalue weighted by atomic mass is 10.2. The van der Waals surface area contributed by atoms with Crippen LogP contribution < -0.4 is 5.32 Å². The molecule has 0 aliphatic carbocycles. The number of carbonyl (C=O) groups excluding carboxylic acids is 1. The van der Waals surface area contributed by atoms with Crippen LogP contribution in [-0.4, -0.2) is 29.5 Å². The molecule has 0 saturated heterocycles. The first-order chi connectivity index (χ1) is 10.2. The number of aliphatic hydroxyl groups excluding tert-OH is 1. The first-order valence-electron chi connectivity index (χ1n) is 6.90. The summed E-state index contributed by atoms with van der Waals surface area (Å²) in [5.74, 6) is 0.0215. The third-order valence-electron chi connectivity index (χ3n) is 3.24. The number of hydrogen-bond acceptors (Lipinski definition) is 3. The zero-order valence-electron chi connectivity index (χ0n) is 12.1. The van der Waals surface area contributed by atoms with Gasteiger partial charge >= 0.3 is 0 Å². The highest BCUT2D eigenvalue weighted by Gasteiger charge is 2.08. The molecule has 0 aliphatic rings. The molecule has 1 amide bonds. The van der Waals surface area contributed by atoms with Crippen molar-refractivity contribution in [1.29, 1.82) is 0 Å². The first-order valence-corrected chi connectivity index (χ1v) is 6.90. The fourth-order valence-corrected chi connectivity index (χ4v) is 2.04. The number of aliphatic hydroxyl groups is 1. The second-order valence-corrected chi connectivity index (χ2v) is 4.95. The van der Waals surface area contributed by atoms with E-state index in [-0.39, 0.29) is 19.1 Å². The molecule has 110 valence electrons. The number of nitrogens with one attached hydrogen (secondary N) is 1. The molecule has 21 heavy (non-hydrogen) atoms. The van der Waals surface area contributed by atoms with Crippen molar-refractivity contribution in [3.8, 4) is 0 Å². The summed E-state index contributed by atoms with van der Waals surface area (Å²) in [6.07, 6.45) is 0. The highest BCUT2D eigenvalue weighted by molar-refractivity contribution is 5.80. The van der Waals surface area contributed by atoms with Crippen molar-refractivity contribution in [2.75, 3.05) is 18.9 Å². The minimum Gasteiger partial charge on any atom is -0.392 e. The molecule has 0 bridgehead atoms. The van der Waals surface area contributed by atoms with Gasteiger partial charge in [0.2, 0.25) is 5.91 Å². The maximum atomic E-state index is 12.1. The quantitative estimate of drug-likeness (QED) is 0.855. The fraction of sp³-hybridized carbons (Fsp3) is 0.235. The summed E-state index contributed by atoms with van der Waals surface area (Å²) in [5, 5.41) is 12.2. The molecule has 2 aromatic carbocycles. The van der Waals surface area contributed by atoms with Gasteiger partial charge in [0.15, 0.2) is 0 Å². The SMILES string of the molecule is CN(Cc1ccccc1)C(=O)CNc1cccc(CO)c1. The summed E-state index contributed by atoms with van der Waals surface area (Å²) in [6, 6.07) is 17.3. The zero-order valence-corrected chi connectivity index (χ0v) is 12.1. The number of anilines is 1. The van der Waals surface area contributed by atoms with Gasteiger partial charge in [-0.1, -0.05) is 42.5 Å². The van der Waals surface area contributed by atoms with Gasteiger partial charge in [0.05, 0.1) is 13.2 Å². The van der Waals surface area contributed by atoms with Crippen molar-refractivity contribution in [3.63, 3.8) is 0 Å². The van der Waals surface area contributed by atoms with Gasteiger partial charge in [-0.25, -0.2) is 0 Å². The normalized spacial score (nSPS) is 10.2. The molecule has 0 aromatic heterocycles. The summed E-state index contributed by atoms with van der Waals surface area (Å²) in [4.78, 5) is 13.8. The molecule has 4 nitrogen and oxygen atoms in total. The third kappa shape index (κ3) is 4.61. The van der Waals surface area contributed by atoms with Crippen LogP contribution in [0.2, 0.25) is 0 Å². The highest BCUT2D eigenvalue weighted by atomic mass is 16.3. The molecule has 0 saturated carbocycles. The lowest BCUT2D eigenvalue weighted by Gasteiger charge is -2.18. The van der Waals surface area contributed by atoms with Crippen LogP contribution >= 0.6 is 0 Å². The molecule has 2 aromatic rings. The van der Waals surface area contributed by atoms with Crippen LogP contribution in [0, 0.1) is 0 Å². The first kappa shape index (κ1) is 15.1. The number of benzene rings is 2. The topological polar surface area (TPSA) is 52.6 Å². The van der Waals surface area contributed by atoms with Crippen molar-refractivity contribution in [1.82, 2.24) is 4.90 Å². The number of rotatable bonds is 6. The summed E-state index contributed by atoms with van der Waals surface area (Å²) in [7, 11) is 1.79. The molecule has 0 spiro atoms. The van der Waals surface area contributed by atoms with E-state index in [2.05, 4.69) is 5.32 Å². The predicted molar refractivity (Wildman–Crippen MR) is 83.8 cm³/mol. The van der Waals surface area contributed by atoms with Crippen LogP contribution in [0.1, 0.15) is 11.1 Å². The molecule has 0 atom stereocenters. The van der Waals surface area contributed by atoms with Gasteiger partial charge in [-0.15, -0.1) is 0 Å². The minimum absolute atomic E-state index is 0.00260. The van der Waals surface area contributed by atoms with E-state index in [0.717, 1.165) is 16.8 Å².